The van der Waals surface area contributed by atoms with Gasteiger partial charge in [-0.05, 0) is 38.9 Å². The van der Waals surface area contributed by atoms with Crippen LogP contribution in [0.15, 0.2) is 30.3 Å². The van der Waals surface area contributed by atoms with E-state index in [1.54, 1.807) is 0 Å². The van der Waals surface area contributed by atoms with Crippen molar-refractivity contribution in [2.75, 3.05) is 13.2 Å². The van der Waals surface area contributed by atoms with Crippen molar-refractivity contribution in [1.29, 1.82) is 0 Å². The van der Waals surface area contributed by atoms with Crippen LogP contribution in [-0.4, -0.2) is 18.7 Å². The summed E-state index contributed by atoms with van der Waals surface area (Å²) in [7, 11) is 0. The summed E-state index contributed by atoms with van der Waals surface area (Å²) in [6.07, 6.45) is 18.3. The number of nitrogens with one attached hydrogen (secondary N) is 1. The summed E-state index contributed by atoms with van der Waals surface area (Å²) in [6.45, 7) is 8.52. The number of hydrogen-bond acceptors (Lipinski definition) is 2. The SMILES string of the molecule is CCCCCCCCCCCCCCCNC(C)(C)COc1ccccc1.I. The lowest BCUT2D eigenvalue weighted by molar-refractivity contribution is 0.208. The second kappa shape index (κ2) is 18.7. The Hall–Kier alpha value is -0.290. The standard InChI is InChI=1S/C25H45NO.HI/c1-4-5-6-7-8-9-10-11-12-13-14-15-19-22-26-25(2,3)23-27-24-20-17-16-18-21-24;/h16-18,20-21,26H,4-15,19,22-23H2,1-3H3;1H. The van der Waals surface area contributed by atoms with Crippen LogP contribution in [0.2, 0.25) is 0 Å². The molecule has 164 valence electrons. The van der Waals surface area contributed by atoms with E-state index in [9.17, 15) is 0 Å². The van der Waals surface area contributed by atoms with Gasteiger partial charge in [0.2, 0.25) is 0 Å². The Kier molecular flexibility index (Phi) is 18.5. The quantitative estimate of drug-likeness (QED) is 0.161. The summed E-state index contributed by atoms with van der Waals surface area (Å²) in [5.74, 6) is 0.952. The van der Waals surface area contributed by atoms with Gasteiger partial charge >= 0.3 is 0 Å². The predicted octanol–water partition coefficient (Wildman–Crippen LogP) is 8.14. The van der Waals surface area contributed by atoms with Gasteiger partial charge in [-0.3, -0.25) is 0 Å². The molecule has 0 bridgehead atoms. The molecule has 0 amide bonds. The monoisotopic (exact) mass is 503 g/mol. The van der Waals surface area contributed by atoms with E-state index in [1.807, 2.05) is 30.3 Å². The van der Waals surface area contributed by atoms with Crippen LogP contribution >= 0.6 is 24.0 Å². The van der Waals surface area contributed by atoms with Gasteiger partial charge in [-0.2, -0.15) is 0 Å². The van der Waals surface area contributed by atoms with Crippen LogP contribution in [0.4, 0.5) is 0 Å². The molecular weight excluding hydrogens is 457 g/mol. The van der Waals surface area contributed by atoms with Crippen molar-refractivity contribution in [1.82, 2.24) is 5.32 Å². The van der Waals surface area contributed by atoms with E-state index < -0.39 is 0 Å². The molecule has 1 aromatic rings. The van der Waals surface area contributed by atoms with Gasteiger partial charge in [-0.1, -0.05) is 102 Å². The molecule has 0 heterocycles. The molecule has 0 aliphatic carbocycles. The average Bonchev–Trinajstić information content (AvgIpc) is 2.67. The third kappa shape index (κ3) is 16.6. The van der Waals surface area contributed by atoms with Gasteiger partial charge < -0.3 is 10.1 Å². The highest BCUT2D eigenvalue weighted by Gasteiger charge is 2.17. The van der Waals surface area contributed by atoms with E-state index in [4.69, 9.17) is 4.74 Å². The van der Waals surface area contributed by atoms with Crippen molar-refractivity contribution in [2.45, 2.75) is 110 Å². The van der Waals surface area contributed by atoms with Crippen molar-refractivity contribution in [3.63, 3.8) is 0 Å². The zero-order chi connectivity index (χ0) is 19.6. The molecule has 0 saturated heterocycles. The molecule has 28 heavy (non-hydrogen) atoms. The van der Waals surface area contributed by atoms with Crippen LogP contribution in [0, 0.1) is 0 Å². The highest BCUT2D eigenvalue weighted by molar-refractivity contribution is 14.0. The molecule has 0 fully saturated rings. The highest BCUT2D eigenvalue weighted by atomic mass is 127. The molecule has 3 heteroatoms. The molecule has 0 atom stereocenters. The number of hydrogen-bond donors (Lipinski definition) is 1. The smallest absolute Gasteiger partial charge is 0.119 e. The van der Waals surface area contributed by atoms with Gasteiger partial charge in [0.15, 0.2) is 0 Å². The minimum Gasteiger partial charge on any atom is -0.492 e. The fraction of sp³-hybridized carbons (Fsp3) is 0.760. The van der Waals surface area contributed by atoms with Crippen LogP contribution in [0.25, 0.3) is 0 Å². The maximum absolute atomic E-state index is 5.88. The highest BCUT2D eigenvalue weighted by Crippen LogP contribution is 2.14. The van der Waals surface area contributed by atoms with Gasteiger partial charge in [0.05, 0.1) is 0 Å². The Bertz CT molecular complexity index is 435. The first-order valence-corrected chi connectivity index (χ1v) is 11.6. The first-order chi connectivity index (χ1) is 13.1. The third-order valence-electron chi connectivity index (χ3n) is 5.23. The molecule has 0 aliphatic rings. The van der Waals surface area contributed by atoms with E-state index >= 15 is 0 Å². The van der Waals surface area contributed by atoms with Crippen molar-refractivity contribution in [3.8, 4) is 5.75 Å². The zero-order valence-electron chi connectivity index (χ0n) is 18.8. The van der Waals surface area contributed by atoms with Gasteiger partial charge in [0.1, 0.15) is 12.4 Å². The molecule has 0 spiro atoms. The summed E-state index contributed by atoms with van der Waals surface area (Å²) >= 11 is 0. The lowest BCUT2D eigenvalue weighted by Crippen LogP contribution is -2.45. The number of unbranched alkanes of at least 4 members (excludes halogenated alkanes) is 12. The molecule has 0 radical (unpaired) electrons. The van der Waals surface area contributed by atoms with Crippen LogP contribution < -0.4 is 10.1 Å². The first kappa shape index (κ1) is 27.7. The third-order valence-corrected chi connectivity index (χ3v) is 5.23. The van der Waals surface area contributed by atoms with E-state index in [2.05, 4.69) is 26.1 Å². The molecule has 1 N–H and O–H groups in total. The lowest BCUT2D eigenvalue weighted by atomic mass is 10.0. The first-order valence-electron chi connectivity index (χ1n) is 11.6. The zero-order valence-corrected chi connectivity index (χ0v) is 21.1. The van der Waals surface area contributed by atoms with Crippen molar-refractivity contribution < 1.29 is 4.74 Å². The Morgan fingerprint density at radius 1 is 0.714 bits per heavy atom. The van der Waals surface area contributed by atoms with E-state index in [-0.39, 0.29) is 29.5 Å². The summed E-state index contributed by atoms with van der Waals surface area (Å²) in [5, 5.41) is 3.64. The number of para-hydroxylation sites is 1. The molecule has 0 aromatic heterocycles. The van der Waals surface area contributed by atoms with Crippen molar-refractivity contribution in [2.24, 2.45) is 0 Å². The maximum Gasteiger partial charge on any atom is 0.119 e. The van der Waals surface area contributed by atoms with Crippen LogP contribution in [-0.2, 0) is 0 Å². The Morgan fingerprint density at radius 2 is 1.18 bits per heavy atom. The van der Waals surface area contributed by atoms with Gasteiger partial charge in [-0.25, -0.2) is 0 Å². The molecule has 0 saturated carbocycles. The average molecular weight is 504 g/mol. The van der Waals surface area contributed by atoms with Gasteiger partial charge in [0, 0.05) is 5.54 Å². The summed E-state index contributed by atoms with van der Waals surface area (Å²) in [5.41, 5.74) is 0.0208. The van der Waals surface area contributed by atoms with E-state index in [1.165, 1.54) is 83.5 Å². The Morgan fingerprint density at radius 3 is 1.68 bits per heavy atom. The molecule has 1 rings (SSSR count). The van der Waals surface area contributed by atoms with E-state index in [0.717, 1.165) is 12.3 Å². The maximum atomic E-state index is 5.88. The Labute approximate surface area is 192 Å². The molecule has 1 aromatic carbocycles. The number of halogens is 1. The van der Waals surface area contributed by atoms with Crippen LogP contribution in [0.3, 0.4) is 0 Å². The summed E-state index contributed by atoms with van der Waals surface area (Å²) in [6, 6.07) is 10.1. The van der Waals surface area contributed by atoms with Crippen molar-refractivity contribution >= 4 is 24.0 Å². The minimum absolute atomic E-state index is 0. The lowest BCUT2D eigenvalue weighted by Gasteiger charge is -2.26. The number of ether oxygens (including phenoxy) is 1. The second-order valence-corrected chi connectivity index (χ2v) is 8.66. The number of rotatable bonds is 18. The van der Waals surface area contributed by atoms with Crippen molar-refractivity contribution in [3.05, 3.63) is 30.3 Å². The fourth-order valence-corrected chi connectivity index (χ4v) is 3.40. The Balaban J connectivity index is 0.00000729. The van der Waals surface area contributed by atoms with Crippen LogP contribution in [0.1, 0.15) is 104 Å². The van der Waals surface area contributed by atoms with Gasteiger partial charge in [0.25, 0.3) is 0 Å². The number of benzene rings is 1. The topological polar surface area (TPSA) is 21.3 Å². The summed E-state index contributed by atoms with van der Waals surface area (Å²) < 4.78 is 5.88. The van der Waals surface area contributed by atoms with Crippen LogP contribution in [0.5, 0.6) is 5.75 Å². The summed E-state index contributed by atoms with van der Waals surface area (Å²) in [4.78, 5) is 0. The minimum atomic E-state index is 0. The molecule has 0 unspecified atom stereocenters. The van der Waals surface area contributed by atoms with Gasteiger partial charge in [-0.15, -0.1) is 24.0 Å². The largest absolute Gasteiger partial charge is 0.492 e. The second-order valence-electron chi connectivity index (χ2n) is 8.66. The normalized spacial score (nSPS) is 11.2. The molecule has 0 aliphatic heterocycles. The predicted molar refractivity (Wildman–Crippen MR) is 135 cm³/mol. The molecular formula is C25H46INO. The van der Waals surface area contributed by atoms with E-state index in [0.29, 0.717) is 6.61 Å². The fourth-order valence-electron chi connectivity index (χ4n) is 3.40. The molecule has 2 nitrogen and oxygen atoms in total.